The fourth-order valence-electron chi connectivity index (χ4n) is 3.32. The number of carbonyl (C=O) groups excluding carboxylic acids is 1. The molecule has 1 aliphatic heterocycles. The number of fused-ring (bicyclic) bond motifs is 1. The van der Waals surface area contributed by atoms with Gasteiger partial charge in [-0.15, -0.1) is 0 Å². The molecule has 1 saturated heterocycles. The number of aryl methyl sites for hydroxylation is 2. The number of rotatable bonds is 2. The van der Waals surface area contributed by atoms with Crippen LogP contribution in [0.15, 0.2) is 39.8 Å². The molecule has 3 heterocycles. The predicted molar refractivity (Wildman–Crippen MR) is 95.0 cm³/mol. The van der Waals surface area contributed by atoms with Crippen molar-refractivity contribution in [2.24, 2.45) is 7.05 Å². The Hall–Kier alpha value is -3.00. The molecule has 1 amide bonds. The molecule has 1 aromatic carbocycles. The van der Waals surface area contributed by atoms with E-state index in [1.807, 2.05) is 0 Å². The van der Waals surface area contributed by atoms with Crippen LogP contribution in [0.5, 0.6) is 0 Å². The summed E-state index contributed by atoms with van der Waals surface area (Å²) < 4.78 is 25.7. The number of nitrogens with zero attached hydrogens (tertiary/aromatic N) is 3. The van der Waals surface area contributed by atoms with Crippen LogP contribution in [0.25, 0.3) is 11.1 Å². The summed E-state index contributed by atoms with van der Waals surface area (Å²) in [5.41, 5.74) is 0.851. The third-order valence-corrected chi connectivity index (χ3v) is 4.76. The Bertz CT molecular complexity index is 1070. The minimum Gasteiger partial charge on any atom is -0.442 e. The molecule has 27 heavy (non-hydrogen) atoms. The maximum absolute atomic E-state index is 13.2. The summed E-state index contributed by atoms with van der Waals surface area (Å²) in [6.45, 7) is 2.69. The molecule has 7 nitrogen and oxygen atoms in total. The first kappa shape index (κ1) is 17.4. The minimum absolute atomic E-state index is 0.155. The molecule has 4 rings (SSSR count). The number of hydrogen-bond donors (Lipinski definition) is 0. The lowest BCUT2D eigenvalue weighted by Crippen LogP contribution is -2.42. The van der Waals surface area contributed by atoms with Crippen molar-refractivity contribution in [2.75, 3.05) is 19.7 Å². The lowest BCUT2D eigenvalue weighted by atomic mass is 10.1. The predicted octanol–water partition coefficient (Wildman–Crippen LogP) is 2.19. The Morgan fingerprint density at radius 3 is 2.78 bits per heavy atom. The number of morpholine rings is 1. The summed E-state index contributed by atoms with van der Waals surface area (Å²) in [7, 11) is 1.57. The summed E-state index contributed by atoms with van der Waals surface area (Å²) >= 11 is 0. The smallest absolute Gasteiger partial charge is 0.265 e. The highest BCUT2D eigenvalue weighted by Gasteiger charge is 2.31. The second-order valence-corrected chi connectivity index (χ2v) is 6.54. The van der Waals surface area contributed by atoms with Gasteiger partial charge >= 0.3 is 0 Å². The van der Waals surface area contributed by atoms with Crippen LogP contribution in [-0.4, -0.2) is 40.1 Å². The molecule has 0 radical (unpaired) electrons. The van der Waals surface area contributed by atoms with Crippen molar-refractivity contribution in [1.82, 2.24) is 14.5 Å². The first-order chi connectivity index (χ1) is 13.0. The van der Waals surface area contributed by atoms with Crippen molar-refractivity contribution in [3.8, 4) is 0 Å². The van der Waals surface area contributed by atoms with Crippen LogP contribution >= 0.6 is 0 Å². The van der Waals surface area contributed by atoms with Crippen molar-refractivity contribution in [3.05, 3.63) is 63.7 Å². The van der Waals surface area contributed by atoms with Crippen LogP contribution in [0.2, 0.25) is 0 Å². The topological polar surface area (TPSA) is 77.6 Å². The number of carbonyl (C=O) groups is 1. The largest absolute Gasteiger partial charge is 0.442 e. The van der Waals surface area contributed by atoms with Crippen molar-refractivity contribution >= 4 is 17.0 Å². The molecule has 1 aliphatic rings. The van der Waals surface area contributed by atoms with Gasteiger partial charge in [-0.05, 0) is 24.6 Å². The zero-order valence-electron chi connectivity index (χ0n) is 14.9. The molecule has 0 N–H and O–H groups in total. The highest BCUT2D eigenvalue weighted by atomic mass is 19.1. The average Bonchev–Trinajstić information content (AvgIpc) is 3.01. The number of halogens is 1. The highest BCUT2D eigenvalue weighted by Crippen LogP contribution is 2.27. The fraction of sp³-hybridized carbons (Fsp3) is 0.316. The van der Waals surface area contributed by atoms with E-state index in [4.69, 9.17) is 9.15 Å². The van der Waals surface area contributed by atoms with E-state index >= 15 is 0 Å². The van der Waals surface area contributed by atoms with E-state index in [0.29, 0.717) is 25.5 Å². The lowest BCUT2D eigenvalue weighted by Gasteiger charge is -2.33. The molecular weight excluding hydrogens is 353 g/mol. The SMILES string of the molecule is Cc1oc2ncn(C)c(=O)c2c1C(=O)N1CCOC(c2ccc(F)cc2)C1. The fourth-order valence-corrected chi connectivity index (χ4v) is 3.32. The average molecular weight is 371 g/mol. The molecule has 0 spiro atoms. The van der Waals surface area contributed by atoms with Gasteiger partial charge in [-0.3, -0.25) is 9.59 Å². The van der Waals surface area contributed by atoms with Crippen LogP contribution in [0.3, 0.4) is 0 Å². The van der Waals surface area contributed by atoms with Crippen LogP contribution in [0.4, 0.5) is 4.39 Å². The zero-order valence-corrected chi connectivity index (χ0v) is 14.9. The zero-order chi connectivity index (χ0) is 19.1. The quantitative estimate of drug-likeness (QED) is 0.690. The monoisotopic (exact) mass is 371 g/mol. The van der Waals surface area contributed by atoms with Gasteiger partial charge in [-0.2, -0.15) is 0 Å². The lowest BCUT2D eigenvalue weighted by molar-refractivity contribution is -0.0228. The van der Waals surface area contributed by atoms with Crippen molar-refractivity contribution in [3.63, 3.8) is 0 Å². The van der Waals surface area contributed by atoms with Gasteiger partial charge in [0.25, 0.3) is 11.5 Å². The standard InChI is InChI=1S/C19H18FN3O4/c1-11-15(16-17(27-11)21-10-22(2)18(16)24)19(25)23-7-8-26-14(9-23)12-3-5-13(20)6-4-12/h3-6,10,14H,7-9H2,1-2H3. The minimum atomic E-state index is -0.359. The number of hydrogen-bond acceptors (Lipinski definition) is 5. The van der Waals surface area contributed by atoms with E-state index in [1.165, 1.54) is 23.0 Å². The Morgan fingerprint density at radius 2 is 2.04 bits per heavy atom. The van der Waals surface area contributed by atoms with Gasteiger partial charge in [0, 0.05) is 13.6 Å². The summed E-state index contributed by atoms with van der Waals surface area (Å²) in [4.78, 5) is 31.4. The number of ether oxygens (including phenoxy) is 1. The van der Waals surface area contributed by atoms with Crippen LogP contribution in [-0.2, 0) is 11.8 Å². The van der Waals surface area contributed by atoms with Crippen LogP contribution < -0.4 is 5.56 Å². The molecule has 1 atom stereocenters. The molecular formula is C19H18FN3O4. The Labute approximate surface area is 154 Å². The summed E-state index contributed by atoms with van der Waals surface area (Å²) in [6, 6.07) is 6.02. The molecule has 2 aromatic heterocycles. The normalized spacial score (nSPS) is 17.4. The maximum Gasteiger partial charge on any atom is 0.265 e. The maximum atomic E-state index is 13.2. The summed E-state index contributed by atoms with van der Waals surface area (Å²) in [5, 5.41) is 0.187. The highest BCUT2D eigenvalue weighted by molar-refractivity contribution is 6.06. The van der Waals surface area contributed by atoms with E-state index in [2.05, 4.69) is 4.98 Å². The number of aromatic nitrogens is 2. The molecule has 0 saturated carbocycles. The Kier molecular flexibility index (Phi) is 4.27. The van der Waals surface area contributed by atoms with Gasteiger partial charge in [-0.1, -0.05) is 12.1 Å². The molecule has 140 valence electrons. The first-order valence-corrected chi connectivity index (χ1v) is 8.57. The second-order valence-electron chi connectivity index (χ2n) is 6.54. The van der Waals surface area contributed by atoms with Gasteiger partial charge in [-0.25, -0.2) is 9.37 Å². The third kappa shape index (κ3) is 3.02. The number of amides is 1. The molecule has 8 heteroatoms. The second kappa shape index (κ2) is 6.62. The van der Waals surface area contributed by atoms with Gasteiger partial charge in [0.1, 0.15) is 29.4 Å². The van der Waals surface area contributed by atoms with Gasteiger partial charge in [0.05, 0.1) is 18.7 Å². The summed E-state index contributed by atoms with van der Waals surface area (Å²) in [6.07, 6.45) is 1.00. The van der Waals surface area contributed by atoms with Crippen molar-refractivity contribution in [1.29, 1.82) is 0 Å². The third-order valence-electron chi connectivity index (χ3n) is 4.76. The number of benzene rings is 1. The van der Waals surface area contributed by atoms with E-state index in [1.54, 1.807) is 31.0 Å². The molecule has 3 aromatic rings. The van der Waals surface area contributed by atoms with E-state index in [0.717, 1.165) is 5.56 Å². The van der Waals surface area contributed by atoms with E-state index in [9.17, 15) is 14.0 Å². The number of furan rings is 1. The molecule has 0 bridgehead atoms. The van der Waals surface area contributed by atoms with Crippen molar-refractivity contribution in [2.45, 2.75) is 13.0 Å². The summed E-state index contributed by atoms with van der Waals surface area (Å²) in [5.74, 6) is -0.270. The van der Waals surface area contributed by atoms with E-state index in [-0.39, 0.29) is 40.1 Å². The molecule has 1 unspecified atom stereocenters. The first-order valence-electron chi connectivity index (χ1n) is 8.57. The van der Waals surface area contributed by atoms with Crippen LogP contribution in [0, 0.1) is 12.7 Å². The van der Waals surface area contributed by atoms with Gasteiger partial charge in [0.2, 0.25) is 5.71 Å². The van der Waals surface area contributed by atoms with Gasteiger partial charge < -0.3 is 18.6 Å². The Balaban J connectivity index is 1.68. The molecule has 1 fully saturated rings. The van der Waals surface area contributed by atoms with Crippen molar-refractivity contribution < 1.29 is 18.3 Å². The Morgan fingerprint density at radius 1 is 1.30 bits per heavy atom. The van der Waals surface area contributed by atoms with Crippen LogP contribution in [0.1, 0.15) is 27.8 Å². The van der Waals surface area contributed by atoms with Gasteiger partial charge in [0.15, 0.2) is 0 Å². The van der Waals surface area contributed by atoms with E-state index < -0.39 is 0 Å². The molecule has 0 aliphatic carbocycles.